The third kappa shape index (κ3) is 2.65. The van der Waals surface area contributed by atoms with Gasteiger partial charge in [-0.1, -0.05) is 11.8 Å². The summed E-state index contributed by atoms with van der Waals surface area (Å²) in [5.41, 5.74) is 1.09. The summed E-state index contributed by atoms with van der Waals surface area (Å²) in [7, 11) is 0. The van der Waals surface area contributed by atoms with E-state index in [1.54, 1.807) is 0 Å². The van der Waals surface area contributed by atoms with Gasteiger partial charge in [-0.15, -0.1) is 0 Å². The van der Waals surface area contributed by atoms with Gasteiger partial charge in [0.15, 0.2) is 5.16 Å². The number of hydrogen-bond acceptors (Lipinski definition) is 4. The molecule has 1 aromatic heterocycles. The first-order valence-corrected chi connectivity index (χ1v) is 7.65. The van der Waals surface area contributed by atoms with Gasteiger partial charge in [0.25, 0.3) is 0 Å². The number of carbonyl (C=O) groups is 1. The van der Waals surface area contributed by atoms with Crippen LogP contribution in [0.4, 0.5) is 0 Å². The van der Waals surface area contributed by atoms with Crippen LogP contribution in [0.2, 0.25) is 0 Å². The molecule has 104 valence electrons. The summed E-state index contributed by atoms with van der Waals surface area (Å²) in [6.45, 7) is 2.83. The number of ether oxygens (including phenoxy) is 1. The van der Waals surface area contributed by atoms with Crippen LogP contribution in [0, 0.1) is 12.8 Å². The molecule has 1 saturated carbocycles. The fourth-order valence-corrected chi connectivity index (χ4v) is 3.61. The normalized spacial score (nSPS) is 26.8. The summed E-state index contributed by atoms with van der Waals surface area (Å²) in [5, 5.41) is 9.61. The van der Waals surface area contributed by atoms with Gasteiger partial charge in [0.05, 0.1) is 17.9 Å². The second-order valence-corrected chi connectivity index (χ2v) is 6.21. The lowest BCUT2D eigenvalue weighted by Crippen LogP contribution is -2.23. The number of aromatic nitrogens is 2. The van der Waals surface area contributed by atoms with Crippen molar-refractivity contribution in [3.63, 3.8) is 0 Å². The van der Waals surface area contributed by atoms with Crippen molar-refractivity contribution < 1.29 is 14.6 Å². The van der Waals surface area contributed by atoms with E-state index in [1.165, 1.54) is 24.6 Å². The van der Waals surface area contributed by atoms with Gasteiger partial charge in [-0.25, -0.2) is 4.98 Å². The number of aryl methyl sites for hydroxylation is 1. The number of nitrogens with zero attached hydrogens (tertiary/aromatic N) is 2. The molecule has 5 nitrogen and oxygen atoms in total. The highest BCUT2D eigenvalue weighted by molar-refractivity contribution is 7.99. The summed E-state index contributed by atoms with van der Waals surface area (Å²) in [6.07, 6.45) is 5.63. The van der Waals surface area contributed by atoms with Crippen molar-refractivity contribution in [2.45, 2.75) is 43.5 Å². The molecular formula is C13H18N2O3S. The van der Waals surface area contributed by atoms with Crippen LogP contribution < -0.4 is 0 Å². The molecule has 1 aromatic rings. The van der Waals surface area contributed by atoms with Gasteiger partial charge in [-0.3, -0.25) is 4.79 Å². The summed E-state index contributed by atoms with van der Waals surface area (Å²) in [5.74, 6) is -0.0665. The third-order valence-electron chi connectivity index (χ3n) is 3.79. The van der Waals surface area contributed by atoms with Crippen LogP contribution in [0.15, 0.2) is 11.4 Å². The van der Waals surface area contributed by atoms with Crippen LogP contribution >= 0.6 is 11.8 Å². The number of imidazole rings is 1. The second kappa shape index (κ2) is 5.17. The molecule has 6 heteroatoms. The standard InChI is InChI=1S/C13H18N2O3S/c1-8-6-14-13(19-7-11(16)17)15(8)10-4-5-18-12(10)9-2-3-9/h6,9-10,12H,2-5,7H2,1H3,(H,16,17). The quantitative estimate of drug-likeness (QED) is 0.838. The minimum atomic E-state index is -0.807. The maximum absolute atomic E-state index is 10.7. The highest BCUT2D eigenvalue weighted by Crippen LogP contribution is 2.44. The van der Waals surface area contributed by atoms with Gasteiger partial charge in [-0.05, 0) is 32.1 Å². The molecule has 1 N–H and O–H groups in total. The Kier molecular flexibility index (Phi) is 3.54. The van der Waals surface area contributed by atoms with Crippen LogP contribution in [0.3, 0.4) is 0 Å². The van der Waals surface area contributed by atoms with Crippen LogP contribution in [0.25, 0.3) is 0 Å². The third-order valence-corrected chi connectivity index (χ3v) is 4.75. The van der Waals surface area contributed by atoms with E-state index in [2.05, 4.69) is 9.55 Å². The SMILES string of the molecule is Cc1cnc(SCC(=O)O)n1C1CCOC1C1CC1. The minimum absolute atomic E-state index is 0.0537. The molecule has 1 saturated heterocycles. The van der Waals surface area contributed by atoms with E-state index >= 15 is 0 Å². The molecule has 0 amide bonds. The second-order valence-electron chi connectivity index (χ2n) is 5.26. The molecule has 2 fully saturated rings. The Labute approximate surface area is 116 Å². The van der Waals surface area contributed by atoms with Crippen molar-refractivity contribution in [3.05, 3.63) is 11.9 Å². The van der Waals surface area contributed by atoms with Crippen molar-refractivity contribution in [1.82, 2.24) is 9.55 Å². The maximum atomic E-state index is 10.7. The topological polar surface area (TPSA) is 64.3 Å². The lowest BCUT2D eigenvalue weighted by molar-refractivity contribution is -0.133. The molecule has 2 aliphatic rings. The molecule has 0 aromatic carbocycles. The number of carboxylic acid groups (broad SMARTS) is 1. The Bertz CT molecular complexity index is 484. The Morgan fingerprint density at radius 2 is 2.37 bits per heavy atom. The van der Waals surface area contributed by atoms with Crippen LogP contribution in [-0.4, -0.2) is 39.1 Å². The zero-order chi connectivity index (χ0) is 13.4. The monoisotopic (exact) mass is 282 g/mol. The van der Waals surface area contributed by atoms with Crippen molar-refractivity contribution in [3.8, 4) is 0 Å². The predicted octanol–water partition coefficient (Wildman–Crippen LogP) is 2.11. The number of thioether (sulfide) groups is 1. The van der Waals surface area contributed by atoms with Crippen molar-refractivity contribution in [2.75, 3.05) is 12.4 Å². The van der Waals surface area contributed by atoms with Gasteiger partial charge in [-0.2, -0.15) is 0 Å². The predicted molar refractivity (Wildman–Crippen MR) is 71.4 cm³/mol. The average molecular weight is 282 g/mol. The van der Waals surface area contributed by atoms with Gasteiger partial charge < -0.3 is 14.4 Å². The minimum Gasteiger partial charge on any atom is -0.481 e. The zero-order valence-electron chi connectivity index (χ0n) is 10.9. The summed E-state index contributed by atoms with van der Waals surface area (Å²) >= 11 is 1.29. The zero-order valence-corrected chi connectivity index (χ0v) is 11.7. The summed E-state index contributed by atoms with van der Waals surface area (Å²) in [6, 6.07) is 0.325. The smallest absolute Gasteiger partial charge is 0.313 e. The molecule has 2 heterocycles. The molecule has 19 heavy (non-hydrogen) atoms. The fourth-order valence-electron chi connectivity index (χ4n) is 2.81. The Balaban J connectivity index is 1.82. The lowest BCUT2D eigenvalue weighted by Gasteiger charge is -2.22. The van der Waals surface area contributed by atoms with Crippen molar-refractivity contribution >= 4 is 17.7 Å². The Morgan fingerprint density at radius 3 is 3.05 bits per heavy atom. The molecule has 1 aliphatic heterocycles. The van der Waals surface area contributed by atoms with Gasteiger partial charge in [0.1, 0.15) is 0 Å². The van der Waals surface area contributed by atoms with Crippen LogP contribution in [-0.2, 0) is 9.53 Å². The first-order chi connectivity index (χ1) is 9.16. The van der Waals surface area contributed by atoms with E-state index in [-0.39, 0.29) is 11.9 Å². The lowest BCUT2D eigenvalue weighted by atomic mass is 10.1. The van der Waals surface area contributed by atoms with Gasteiger partial charge >= 0.3 is 5.97 Å². The Morgan fingerprint density at radius 1 is 1.58 bits per heavy atom. The largest absolute Gasteiger partial charge is 0.481 e. The van der Waals surface area contributed by atoms with E-state index in [9.17, 15) is 4.79 Å². The average Bonchev–Trinajstić information content (AvgIpc) is 2.99. The van der Waals surface area contributed by atoms with E-state index < -0.39 is 5.97 Å². The molecule has 0 bridgehead atoms. The summed E-state index contributed by atoms with van der Waals surface area (Å²) in [4.78, 5) is 15.1. The van der Waals surface area contributed by atoms with Crippen LogP contribution in [0.1, 0.15) is 31.0 Å². The number of carboxylic acids is 1. The molecule has 0 radical (unpaired) electrons. The Hall–Kier alpha value is -1.01. The fraction of sp³-hybridized carbons (Fsp3) is 0.692. The van der Waals surface area contributed by atoms with Gasteiger partial charge in [0, 0.05) is 18.5 Å². The summed E-state index contributed by atoms with van der Waals surface area (Å²) < 4.78 is 8.06. The number of rotatable bonds is 5. The van der Waals surface area contributed by atoms with Crippen molar-refractivity contribution in [1.29, 1.82) is 0 Å². The number of aliphatic carboxylic acids is 1. The molecule has 3 rings (SSSR count). The maximum Gasteiger partial charge on any atom is 0.313 e. The highest BCUT2D eigenvalue weighted by atomic mass is 32.2. The van der Waals surface area contributed by atoms with Crippen molar-refractivity contribution in [2.24, 2.45) is 5.92 Å². The van der Waals surface area contributed by atoms with Gasteiger partial charge in [0.2, 0.25) is 0 Å². The molecule has 0 spiro atoms. The van der Waals surface area contributed by atoms with Crippen LogP contribution in [0.5, 0.6) is 0 Å². The molecule has 1 aliphatic carbocycles. The molecule has 2 unspecified atom stereocenters. The van der Waals surface area contributed by atoms with E-state index in [4.69, 9.17) is 9.84 Å². The molecule has 2 atom stereocenters. The highest BCUT2D eigenvalue weighted by Gasteiger charge is 2.42. The molecular weight excluding hydrogens is 264 g/mol. The van der Waals surface area contributed by atoms with E-state index in [1.807, 2.05) is 13.1 Å². The number of hydrogen-bond donors (Lipinski definition) is 1. The first-order valence-electron chi connectivity index (χ1n) is 6.67. The van der Waals surface area contributed by atoms with E-state index in [0.717, 1.165) is 23.9 Å². The van der Waals surface area contributed by atoms with E-state index in [0.29, 0.717) is 12.0 Å². The first kappa shape index (κ1) is 13.0.